The van der Waals surface area contributed by atoms with Gasteiger partial charge < -0.3 is 9.47 Å². The van der Waals surface area contributed by atoms with Crippen LogP contribution >= 0.6 is 0 Å². The number of carbonyl (C=O) groups excluding carboxylic acids is 2. The highest BCUT2D eigenvalue weighted by Crippen LogP contribution is 2.15. The van der Waals surface area contributed by atoms with E-state index in [1.807, 2.05) is 0 Å². The van der Waals surface area contributed by atoms with Crippen LogP contribution in [0.1, 0.15) is 40.1 Å². The Bertz CT molecular complexity index is 437. The van der Waals surface area contributed by atoms with Crippen LogP contribution in [-0.2, 0) is 15.9 Å². The lowest BCUT2D eigenvalue weighted by molar-refractivity contribution is 0.0479. The number of carbonyl (C=O) groups is 2. The molecule has 1 radical (unpaired) electrons. The average molecular weight is 249 g/mol. The molecule has 0 fully saturated rings. The molecule has 0 saturated heterocycles. The van der Waals surface area contributed by atoms with Crippen LogP contribution in [0.25, 0.3) is 0 Å². The summed E-state index contributed by atoms with van der Waals surface area (Å²) in [7, 11) is 0. The fourth-order valence-electron chi connectivity index (χ4n) is 1.51. The zero-order valence-electron chi connectivity index (χ0n) is 10.7. The molecule has 0 heterocycles. The van der Waals surface area contributed by atoms with Crippen molar-refractivity contribution < 1.29 is 19.1 Å². The summed E-state index contributed by atoms with van der Waals surface area (Å²) < 4.78 is 9.84. The van der Waals surface area contributed by atoms with Crippen molar-refractivity contribution in [3.63, 3.8) is 0 Å². The zero-order valence-corrected chi connectivity index (χ0v) is 10.7. The second-order valence-corrected chi connectivity index (χ2v) is 3.57. The first-order chi connectivity index (χ1) is 8.63. The Hall–Kier alpha value is -1.84. The Morgan fingerprint density at radius 2 is 1.61 bits per heavy atom. The van der Waals surface area contributed by atoms with Crippen molar-refractivity contribution in [2.24, 2.45) is 0 Å². The Kier molecular flexibility index (Phi) is 5.36. The smallest absolute Gasteiger partial charge is 0.339 e. The maximum Gasteiger partial charge on any atom is 0.339 e. The Morgan fingerprint density at radius 3 is 2.11 bits per heavy atom. The van der Waals surface area contributed by atoms with Crippen molar-refractivity contribution in [2.45, 2.75) is 20.3 Å². The van der Waals surface area contributed by atoms with Gasteiger partial charge in [-0.2, -0.15) is 0 Å². The zero-order chi connectivity index (χ0) is 13.5. The topological polar surface area (TPSA) is 52.6 Å². The van der Waals surface area contributed by atoms with Gasteiger partial charge in [0, 0.05) is 0 Å². The van der Waals surface area contributed by atoms with Gasteiger partial charge in [-0.15, -0.1) is 0 Å². The van der Waals surface area contributed by atoms with E-state index in [-0.39, 0.29) is 24.3 Å². The highest BCUT2D eigenvalue weighted by Gasteiger charge is 2.19. The number of rotatable bonds is 5. The van der Waals surface area contributed by atoms with Crippen LogP contribution < -0.4 is 0 Å². The predicted octanol–water partition coefficient (Wildman–Crippen LogP) is 2.42. The lowest BCUT2D eigenvalue weighted by Gasteiger charge is -2.09. The van der Waals surface area contributed by atoms with Gasteiger partial charge in [-0.25, -0.2) is 9.59 Å². The Labute approximate surface area is 107 Å². The van der Waals surface area contributed by atoms with Gasteiger partial charge in [-0.3, -0.25) is 0 Å². The molecule has 1 aromatic carbocycles. The van der Waals surface area contributed by atoms with Gasteiger partial charge in [-0.05, 0) is 44.9 Å². The molecule has 4 heteroatoms. The molecule has 0 atom stereocenters. The van der Waals surface area contributed by atoms with Crippen molar-refractivity contribution >= 4 is 11.9 Å². The fourth-order valence-corrected chi connectivity index (χ4v) is 1.51. The maximum absolute atomic E-state index is 11.8. The van der Waals surface area contributed by atoms with E-state index in [1.165, 1.54) is 0 Å². The molecule has 0 aliphatic heterocycles. The van der Waals surface area contributed by atoms with E-state index in [9.17, 15) is 9.59 Å². The third kappa shape index (κ3) is 3.32. The van der Waals surface area contributed by atoms with Crippen LogP contribution in [-0.4, -0.2) is 25.2 Å². The van der Waals surface area contributed by atoms with Crippen molar-refractivity contribution in [2.75, 3.05) is 13.2 Å². The van der Waals surface area contributed by atoms with Gasteiger partial charge in [0.2, 0.25) is 0 Å². The van der Waals surface area contributed by atoms with Crippen molar-refractivity contribution in [1.29, 1.82) is 0 Å². The molecule has 4 nitrogen and oxygen atoms in total. The molecular weight excluding hydrogens is 232 g/mol. The standard InChI is InChI=1S/C14H17O4/c1-4-10-7-8-11(13(15)17-5-2)12(9-10)14(16)18-6-3/h7-9H,1,4-6H2,2-3H3. The third-order valence-electron chi connectivity index (χ3n) is 2.36. The highest BCUT2D eigenvalue weighted by molar-refractivity contribution is 6.03. The first-order valence-electron chi connectivity index (χ1n) is 5.90. The summed E-state index contributed by atoms with van der Waals surface area (Å²) >= 11 is 0. The van der Waals surface area contributed by atoms with Gasteiger partial charge in [0.25, 0.3) is 0 Å². The summed E-state index contributed by atoms with van der Waals surface area (Å²) in [5.41, 5.74) is 1.33. The molecule has 18 heavy (non-hydrogen) atoms. The summed E-state index contributed by atoms with van der Waals surface area (Å²) in [6, 6.07) is 4.95. The first kappa shape index (κ1) is 14.2. The summed E-state index contributed by atoms with van der Waals surface area (Å²) in [6.45, 7) is 7.70. The van der Waals surface area contributed by atoms with E-state index in [0.717, 1.165) is 5.56 Å². The molecule has 0 amide bonds. The van der Waals surface area contributed by atoms with Crippen LogP contribution in [0.15, 0.2) is 18.2 Å². The lowest BCUT2D eigenvalue weighted by Crippen LogP contribution is -2.14. The van der Waals surface area contributed by atoms with Crippen LogP contribution in [0.5, 0.6) is 0 Å². The molecule has 0 unspecified atom stereocenters. The Morgan fingerprint density at radius 1 is 1.06 bits per heavy atom. The molecule has 0 aromatic heterocycles. The van der Waals surface area contributed by atoms with E-state index < -0.39 is 11.9 Å². The van der Waals surface area contributed by atoms with Crippen LogP contribution in [0.4, 0.5) is 0 Å². The van der Waals surface area contributed by atoms with E-state index in [1.54, 1.807) is 32.0 Å². The van der Waals surface area contributed by atoms with Crippen LogP contribution in [0.3, 0.4) is 0 Å². The largest absolute Gasteiger partial charge is 0.462 e. The molecule has 0 bridgehead atoms. The molecular formula is C14H17O4. The summed E-state index contributed by atoms with van der Waals surface area (Å²) in [6.07, 6.45) is 0.537. The molecule has 1 rings (SSSR count). The lowest BCUT2D eigenvalue weighted by atomic mass is 10.0. The van der Waals surface area contributed by atoms with E-state index in [2.05, 4.69) is 6.92 Å². The molecule has 0 aliphatic carbocycles. The minimum atomic E-state index is -0.518. The SMILES string of the molecule is [CH2]Cc1ccc(C(=O)OCC)c(C(=O)OCC)c1. The average Bonchev–Trinajstić information content (AvgIpc) is 2.38. The second-order valence-electron chi connectivity index (χ2n) is 3.57. The molecule has 97 valence electrons. The van der Waals surface area contributed by atoms with Gasteiger partial charge in [0.15, 0.2) is 0 Å². The predicted molar refractivity (Wildman–Crippen MR) is 67.4 cm³/mol. The summed E-state index contributed by atoms with van der Waals surface area (Å²) in [4.78, 5) is 23.5. The number of hydrogen-bond acceptors (Lipinski definition) is 4. The van der Waals surface area contributed by atoms with Crippen molar-refractivity contribution in [3.8, 4) is 0 Å². The molecule has 1 aromatic rings. The number of hydrogen-bond donors (Lipinski definition) is 0. The van der Waals surface area contributed by atoms with E-state index in [0.29, 0.717) is 6.42 Å². The quantitative estimate of drug-likeness (QED) is 0.752. The molecule has 0 N–H and O–H groups in total. The highest BCUT2D eigenvalue weighted by atomic mass is 16.5. The van der Waals surface area contributed by atoms with Crippen LogP contribution in [0.2, 0.25) is 0 Å². The van der Waals surface area contributed by atoms with Crippen molar-refractivity contribution in [3.05, 3.63) is 41.8 Å². The van der Waals surface area contributed by atoms with Gasteiger partial charge >= 0.3 is 11.9 Å². The van der Waals surface area contributed by atoms with Gasteiger partial charge in [-0.1, -0.05) is 6.07 Å². The second kappa shape index (κ2) is 6.79. The summed E-state index contributed by atoms with van der Waals surface area (Å²) in [5.74, 6) is -1.04. The first-order valence-corrected chi connectivity index (χ1v) is 5.90. The number of esters is 2. The third-order valence-corrected chi connectivity index (χ3v) is 2.36. The van der Waals surface area contributed by atoms with Gasteiger partial charge in [0.1, 0.15) is 0 Å². The van der Waals surface area contributed by atoms with Crippen molar-refractivity contribution in [1.82, 2.24) is 0 Å². The minimum Gasteiger partial charge on any atom is -0.462 e. The number of benzene rings is 1. The minimum absolute atomic E-state index is 0.229. The normalized spacial score (nSPS) is 9.94. The van der Waals surface area contributed by atoms with E-state index in [4.69, 9.17) is 9.47 Å². The van der Waals surface area contributed by atoms with Gasteiger partial charge in [0.05, 0.1) is 24.3 Å². The Balaban J connectivity index is 3.15. The van der Waals surface area contributed by atoms with E-state index >= 15 is 0 Å². The fraction of sp³-hybridized carbons (Fsp3) is 0.357. The molecule has 0 spiro atoms. The molecule has 0 saturated carbocycles. The number of ether oxygens (including phenoxy) is 2. The summed E-state index contributed by atoms with van der Waals surface area (Å²) in [5, 5.41) is 0. The maximum atomic E-state index is 11.8. The molecule has 0 aliphatic rings. The van der Waals surface area contributed by atoms with Crippen LogP contribution in [0, 0.1) is 6.92 Å². The monoisotopic (exact) mass is 249 g/mol.